The smallest absolute Gasteiger partial charge is 0.191 e. The molecule has 0 aromatic carbocycles. The van der Waals surface area contributed by atoms with Gasteiger partial charge in [-0.05, 0) is 12.2 Å². The highest BCUT2D eigenvalue weighted by molar-refractivity contribution is 7.98. The molecule has 0 aliphatic carbocycles. The first-order valence-corrected chi connectivity index (χ1v) is 6.15. The van der Waals surface area contributed by atoms with Crippen molar-refractivity contribution in [3.8, 4) is 0 Å². The van der Waals surface area contributed by atoms with Crippen molar-refractivity contribution < 1.29 is 0 Å². The van der Waals surface area contributed by atoms with Crippen LogP contribution in [-0.4, -0.2) is 29.8 Å². The van der Waals surface area contributed by atoms with E-state index in [-0.39, 0.29) is 0 Å². The van der Waals surface area contributed by atoms with Crippen LogP contribution in [0.3, 0.4) is 0 Å². The molecule has 2 N–H and O–H groups in total. The van der Waals surface area contributed by atoms with Gasteiger partial charge in [0.1, 0.15) is 11.6 Å². The summed E-state index contributed by atoms with van der Waals surface area (Å²) < 4.78 is 0. The first kappa shape index (κ1) is 12.1. The molecule has 1 heterocycles. The number of nitrogens with two attached hydrogens (primary N) is 1. The molecular weight excluding hydrogens is 208 g/mol. The van der Waals surface area contributed by atoms with E-state index in [2.05, 4.69) is 28.7 Å². The fourth-order valence-corrected chi connectivity index (χ4v) is 1.74. The summed E-state index contributed by atoms with van der Waals surface area (Å²) in [4.78, 5) is 10.6. The molecule has 84 valence electrons. The van der Waals surface area contributed by atoms with Gasteiger partial charge in [-0.25, -0.2) is 9.97 Å². The highest BCUT2D eigenvalue weighted by atomic mass is 32.2. The first-order valence-electron chi connectivity index (χ1n) is 4.92. The molecule has 0 saturated heterocycles. The van der Waals surface area contributed by atoms with Gasteiger partial charge in [-0.15, -0.1) is 0 Å². The molecule has 0 aliphatic heterocycles. The second-order valence-electron chi connectivity index (χ2n) is 3.91. The number of anilines is 2. The standard InChI is InChI=1S/C10H18N4S/c1-7(2)6-14(3)9-5-8(11)12-10(13-9)15-4/h5,7H,6H2,1-4H3,(H2,11,12,13). The molecule has 0 atom stereocenters. The maximum absolute atomic E-state index is 5.71. The number of hydrogen-bond acceptors (Lipinski definition) is 5. The van der Waals surface area contributed by atoms with Crippen molar-refractivity contribution in [3.63, 3.8) is 0 Å². The van der Waals surface area contributed by atoms with Gasteiger partial charge in [-0.2, -0.15) is 0 Å². The average Bonchev–Trinajstić information content (AvgIpc) is 2.15. The van der Waals surface area contributed by atoms with Gasteiger partial charge in [0.25, 0.3) is 0 Å². The third kappa shape index (κ3) is 3.58. The first-order chi connectivity index (χ1) is 7.02. The molecule has 0 unspecified atom stereocenters. The Labute approximate surface area is 95.3 Å². The Morgan fingerprint density at radius 2 is 2.13 bits per heavy atom. The lowest BCUT2D eigenvalue weighted by molar-refractivity contribution is 0.632. The minimum absolute atomic E-state index is 0.528. The Morgan fingerprint density at radius 1 is 1.47 bits per heavy atom. The highest BCUT2D eigenvalue weighted by Crippen LogP contribution is 2.18. The molecule has 0 amide bonds. The zero-order valence-corrected chi connectivity index (χ0v) is 10.5. The Bertz CT molecular complexity index is 327. The fourth-order valence-electron chi connectivity index (χ4n) is 1.36. The van der Waals surface area contributed by atoms with Crippen LogP contribution in [0, 0.1) is 5.92 Å². The van der Waals surface area contributed by atoms with Gasteiger partial charge in [0.15, 0.2) is 5.16 Å². The van der Waals surface area contributed by atoms with Crippen LogP contribution in [0.2, 0.25) is 0 Å². The number of rotatable bonds is 4. The summed E-state index contributed by atoms with van der Waals surface area (Å²) >= 11 is 1.50. The minimum atomic E-state index is 0.528. The SMILES string of the molecule is CSc1nc(N)cc(N(C)CC(C)C)n1. The van der Waals surface area contributed by atoms with Crippen LogP contribution in [0.5, 0.6) is 0 Å². The molecular formula is C10H18N4S. The van der Waals surface area contributed by atoms with Crippen LogP contribution < -0.4 is 10.6 Å². The summed E-state index contributed by atoms with van der Waals surface area (Å²) in [7, 11) is 2.02. The Hall–Kier alpha value is -0.970. The quantitative estimate of drug-likeness (QED) is 0.627. The Kier molecular flexibility index (Phi) is 4.20. The molecule has 1 rings (SSSR count). The van der Waals surface area contributed by atoms with E-state index in [1.807, 2.05) is 19.4 Å². The third-order valence-corrected chi connectivity index (χ3v) is 2.47. The maximum Gasteiger partial charge on any atom is 0.191 e. The number of aromatic nitrogens is 2. The van der Waals surface area contributed by atoms with E-state index < -0.39 is 0 Å². The summed E-state index contributed by atoms with van der Waals surface area (Å²) in [6.45, 7) is 5.32. The maximum atomic E-state index is 5.71. The van der Waals surface area contributed by atoms with Crippen molar-refractivity contribution >= 4 is 23.4 Å². The summed E-state index contributed by atoms with van der Waals surface area (Å²) in [5, 5.41) is 0.723. The van der Waals surface area contributed by atoms with Crippen LogP contribution in [0.1, 0.15) is 13.8 Å². The van der Waals surface area contributed by atoms with E-state index in [1.54, 1.807) is 0 Å². The third-order valence-electron chi connectivity index (χ3n) is 1.92. The number of nitrogens with zero attached hydrogens (tertiary/aromatic N) is 3. The van der Waals surface area contributed by atoms with Crippen LogP contribution >= 0.6 is 11.8 Å². The van der Waals surface area contributed by atoms with E-state index in [9.17, 15) is 0 Å². The monoisotopic (exact) mass is 226 g/mol. The van der Waals surface area contributed by atoms with E-state index >= 15 is 0 Å². The Morgan fingerprint density at radius 3 is 2.67 bits per heavy atom. The van der Waals surface area contributed by atoms with Gasteiger partial charge in [-0.1, -0.05) is 25.6 Å². The molecule has 15 heavy (non-hydrogen) atoms. The van der Waals surface area contributed by atoms with E-state index in [4.69, 9.17) is 5.73 Å². The molecule has 1 aromatic heterocycles. The molecule has 5 heteroatoms. The zero-order valence-electron chi connectivity index (χ0n) is 9.69. The van der Waals surface area contributed by atoms with Gasteiger partial charge in [0.05, 0.1) is 0 Å². The van der Waals surface area contributed by atoms with Crippen molar-refractivity contribution in [1.82, 2.24) is 9.97 Å². The predicted octanol–water partition coefficient (Wildman–Crippen LogP) is 1.87. The molecule has 0 aliphatic rings. The van der Waals surface area contributed by atoms with E-state index in [0.717, 1.165) is 17.5 Å². The van der Waals surface area contributed by atoms with Crippen molar-refractivity contribution in [2.75, 3.05) is 30.5 Å². The number of nitrogen functional groups attached to an aromatic ring is 1. The number of thioether (sulfide) groups is 1. The van der Waals surface area contributed by atoms with E-state index in [1.165, 1.54) is 11.8 Å². The molecule has 0 radical (unpaired) electrons. The van der Waals surface area contributed by atoms with Crippen molar-refractivity contribution in [1.29, 1.82) is 0 Å². The second kappa shape index (κ2) is 5.21. The predicted molar refractivity (Wildman–Crippen MR) is 66.3 cm³/mol. The van der Waals surface area contributed by atoms with Crippen LogP contribution in [0.25, 0.3) is 0 Å². The van der Waals surface area contributed by atoms with Gasteiger partial charge >= 0.3 is 0 Å². The lowest BCUT2D eigenvalue weighted by Crippen LogP contribution is -2.23. The topological polar surface area (TPSA) is 55.0 Å². The molecule has 0 saturated carbocycles. The van der Waals surface area contributed by atoms with Gasteiger partial charge < -0.3 is 10.6 Å². The molecule has 0 bridgehead atoms. The average molecular weight is 226 g/mol. The lowest BCUT2D eigenvalue weighted by Gasteiger charge is -2.20. The van der Waals surface area contributed by atoms with Gasteiger partial charge in [0.2, 0.25) is 0 Å². The molecule has 4 nitrogen and oxygen atoms in total. The van der Waals surface area contributed by atoms with Crippen LogP contribution in [0.15, 0.2) is 11.2 Å². The minimum Gasteiger partial charge on any atom is -0.383 e. The normalized spacial score (nSPS) is 10.7. The van der Waals surface area contributed by atoms with Gasteiger partial charge in [0, 0.05) is 19.7 Å². The van der Waals surface area contributed by atoms with Crippen molar-refractivity contribution in [3.05, 3.63) is 6.07 Å². The summed E-state index contributed by atoms with van der Waals surface area (Å²) in [6.07, 6.45) is 1.95. The summed E-state index contributed by atoms with van der Waals surface area (Å²) in [5.74, 6) is 2.02. The van der Waals surface area contributed by atoms with E-state index in [0.29, 0.717) is 11.7 Å². The van der Waals surface area contributed by atoms with Crippen molar-refractivity contribution in [2.24, 2.45) is 5.92 Å². The fraction of sp³-hybridized carbons (Fsp3) is 0.600. The van der Waals surface area contributed by atoms with Crippen molar-refractivity contribution in [2.45, 2.75) is 19.0 Å². The van der Waals surface area contributed by atoms with Gasteiger partial charge in [-0.3, -0.25) is 0 Å². The Balaban J connectivity index is 2.88. The highest BCUT2D eigenvalue weighted by Gasteiger charge is 2.07. The summed E-state index contributed by atoms with van der Waals surface area (Å²) in [5.41, 5.74) is 5.71. The molecule has 0 spiro atoms. The summed E-state index contributed by atoms with van der Waals surface area (Å²) in [6, 6.07) is 1.81. The number of hydrogen-bond donors (Lipinski definition) is 1. The zero-order chi connectivity index (χ0) is 11.4. The molecule has 1 aromatic rings. The lowest BCUT2D eigenvalue weighted by atomic mass is 10.2. The molecule has 0 fully saturated rings. The second-order valence-corrected chi connectivity index (χ2v) is 4.69. The van der Waals surface area contributed by atoms with Crippen LogP contribution in [-0.2, 0) is 0 Å². The van der Waals surface area contributed by atoms with Crippen LogP contribution in [0.4, 0.5) is 11.6 Å². The largest absolute Gasteiger partial charge is 0.383 e.